The lowest BCUT2D eigenvalue weighted by molar-refractivity contribution is -0.921. The molecule has 2 aromatic rings. The summed E-state index contributed by atoms with van der Waals surface area (Å²) in [5.74, 6) is -0.251. The van der Waals surface area contributed by atoms with E-state index in [1.54, 1.807) is 0 Å². The van der Waals surface area contributed by atoms with E-state index >= 15 is 0 Å². The smallest absolute Gasteiger partial charge is 0.314 e. The Bertz CT molecular complexity index is 755. The van der Waals surface area contributed by atoms with Crippen molar-refractivity contribution in [3.05, 3.63) is 71.8 Å². The fourth-order valence-corrected chi connectivity index (χ4v) is 4.05. The maximum absolute atomic E-state index is 13.2. The molecule has 2 aromatic carbocycles. The summed E-state index contributed by atoms with van der Waals surface area (Å²) in [4.78, 5) is 26.4. The van der Waals surface area contributed by atoms with Crippen molar-refractivity contribution in [1.29, 1.82) is 0 Å². The number of nitrogens with one attached hydrogen (secondary N) is 2. The number of amides is 1. The third kappa shape index (κ3) is 5.45. The van der Waals surface area contributed by atoms with Gasteiger partial charge in [0.25, 0.3) is 5.91 Å². The van der Waals surface area contributed by atoms with E-state index in [0.29, 0.717) is 13.2 Å². The van der Waals surface area contributed by atoms with Gasteiger partial charge in [-0.3, -0.25) is 9.59 Å². The van der Waals surface area contributed by atoms with Crippen LogP contribution in [0.25, 0.3) is 0 Å². The fourth-order valence-electron chi connectivity index (χ4n) is 4.05. The van der Waals surface area contributed by atoms with Gasteiger partial charge >= 0.3 is 5.97 Å². The number of quaternary nitrogens is 1. The molecule has 1 amide bonds. The summed E-state index contributed by atoms with van der Waals surface area (Å²) >= 11 is 0. The first kappa shape index (κ1) is 21.1. The van der Waals surface area contributed by atoms with Crippen molar-refractivity contribution in [3.8, 4) is 0 Å². The molecule has 0 spiro atoms. The maximum atomic E-state index is 13.2. The highest BCUT2D eigenvalue weighted by molar-refractivity contribution is 5.81. The molecule has 5 nitrogen and oxygen atoms in total. The average molecular weight is 396 g/mol. The minimum absolute atomic E-state index is 0.00205. The highest BCUT2D eigenvalue weighted by Gasteiger charge is 2.35. The Morgan fingerprint density at radius 2 is 1.66 bits per heavy atom. The van der Waals surface area contributed by atoms with Crippen LogP contribution in [0.1, 0.15) is 43.9 Å². The van der Waals surface area contributed by atoms with Gasteiger partial charge in [0.05, 0.1) is 25.7 Å². The summed E-state index contributed by atoms with van der Waals surface area (Å²) in [6.07, 6.45) is 1.77. The van der Waals surface area contributed by atoms with Gasteiger partial charge in [0.15, 0.2) is 6.04 Å². The summed E-state index contributed by atoms with van der Waals surface area (Å²) in [6, 6.07) is 19.6. The zero-order valence-corrected chi connectivity index (χ0v) is 17.3. The van der Waals surface area contributed by atoms with Crippen molar-refractivity contribution in [1.82, 2.24) is 5.32 Å². The molecule has 1 aliphatic rings. The van der Waals surface area contributed by atoms with E-state index in [1.165, 1.54) is 0 Å². The van der Waals surface area contributed by atoms with Crippen molar-refractivity contribution in [2.24, 2.45) is 5.92 Å². The number of esters is 1. The first-order valence-electron chi connectivity index (χ1n) is 10.5. The van der Waals surface area contributed by atoms with Crippen LogP contribution in [0.15, 0.2) is 60.7 Å². The van der Waals surface area contributed by atoms with Crippen LogP contribution in [0, 0.1) is 5.92 Å². The van der Waals surface area contributed by atoms with E-state index in [1.807, 2.05) is 74.5 Å². The second-order valence-electron chi connectivity index (χ2n) is 7.69. The van der Waals surface area contributed by atoms with Gasteiger partial charge in [-0.2, -0.15) is 0 Å². The Morgan fingerprint density at radius 3 is 2.21 bits per heavy atom. The highest BCUT2D eigenvalue weighted by atomic mass is 16.5. The molecular weight excluding hydrogens is 364 g/mol. The maximum Gasteiger partial charge on any atom is 0.314 e. The van der Waals surface area contributed by atoms with Gasteiger partial charge in [0, 0.05) is 0 Å². The summed E-state index contributed by atoms with van der Waals surface area (Å²) in [5, 5.41) is 3.24. The van der Waals surface area contributed by atoms with E-state index in [4.69, 9.17) is 4.74 Å². The molecule has 1 heterocycles. The molecule has 1 unspecified atom stereocenters. The van der Waals surface area contributed by atoms with Crippen LogP contribution in [0.3, 0.4) is 0 Å². The number of ether oxygens (including phenoxy) is 1. The molecule has 0 aromatic heterocycles. The molecule has 3 atom stereocenters. The Balaban J connectivity index is 1.71. The Labute approximate surface area is 173 Å². The van der Waals surface area contributed by atoms with Crippen molar-refractivity contribution < 1.29 is 19.2 Å². The van der Waals surface area contributed by atoms with E-state index in [2.05, 4.69) is 5.32 Å². The van der Waals surface area contributed by atoms with Gasteiger partial charge in [-0.25, -0.2) is 0 Å². The Hall–Kier alpha value is -2.66. The quantitative estimate of drug-likeness (QED) is 0.706. The normalized spacial score (nSPS) is 20.1. The molecule has 29 heavy (non-hydrogen) atoms. The summed E-state index contributed by atoms with van der Waals surface area (Å²) in [6.45, 7) is 5.72. The Kier molecular flexibility index (Phi) is 7.42. The van der Waals surface area contributed by atoms with E-state index < -0.39 is 0 Å². The highest BCUT2D eigenvalue weighted by Crippen LogP contribution is 2.21. The SMILES string of the molecule is CCOC(=O)[C@H]1CCC[NH+]([C@@H](C)C(=O)NC(c2ccccc2)c2ccccc2)C1. The number of likely N-dealkylation sites (tertiary alicyclic amines) is 1. The summed E-state index contributed by atoms with van der Waals surface area (Å²) < 4.78 is 5.20. The average Bonchev–Trinajstić information content (AvgIpc) is 2.78. The molecule has 0 aliphatic carbocycles. The number of benzene rings is 2. The van der Waals surface area contributed by atoms with Crippen LogP contribution < -0.4 is 10.2 Å². The molecule has 3 rings (SSSR count). The van der Waals surface area contributed by atoms with Crippen molar-refractivity contribution in [2.45, 2.75) is 38.8 Å². The monoisotopic (exact) mass is 395 g/mol. The predicted molar refractivity (Wildman–Crippen MR) is 112 cm³/mol. The van der Waals surface area contributed by atoms with Gasteiger partial charge in [0.1, 0.15) is 5.92 Å². The predicted octanol–water partition coefficient (Wildman–Crippen LogP) is 2.14. The largest absolute Gasteiger partial charge is 0.466 e. The lowest BCUT2D eigenvalue weighted by atomic mass is 9.96. The lowest BCUT2D eigenvalue weighted by Gasteiger charge is -2.33. The number of hydrogen-bond donors (Lipinski definition) is 2. The second-order valence-corrected chi connectivity index (χ2v) is 7.69. The number of hydrogen-bond acceptors (Lipinski definition) is 3. The molecule has 5 heteroatoms. The van der Waals surface area contributed by atoms with Crippen LogP contribution in [-0.4, -0.2) is 37.6 Å². The van der Waals surface area contributed by atoms with Crippen LogP contribution in [0.2, 0.25) is 0 Å². The number of carbonyl (C=O) groups excluding carboxylic acids is 2. The Morgan fingerprint density at radius 1 is 1.07 bits per heavy atom. The minimum atomic E-state index is -0.234. The van der Waals surface area contributed by atoms with Gasteiger partial charge < -0.3 is 15.0 Å². The fraction of sp³-hybridized carbons (Fsp3) is 0.417. The number of piperidine rings is 1. The molecule has 1 fully saturated rings. The zero-order valence-electron chi connectivity index (χ0n) is 17.3. The second kappa shape index (κ2) is 10.2. The molecule has 1 aliphatic heterocycles. The van der Waals surface area contributed by atoms with E-state index in [9.17, 15) is 9.59 Å². The summed E-state index contributed by atoms with van der Waals surface area (Å²) in [7, 11) is 0. The van der Waals surface area contributed by atoms with Gasteiger partial charge in [0.2, 0.25) is 0 Å². The van der Waals surface area contributed by atoms with Gasteiger partial charge in [-0.15, -0.1) is 0 Å². The van der Waals surface area contributed by atoms with Crippen LogP contribution in [0.4, 0.5) is 0 Å². The van der Waals surface area contributed by atoms with Crippen LogP contribution in [0.5, 0.6) is 0 Å². The first-order valence-corrected chi connectivity index (χ1v) is 10.5. The lowest BCUT2D eigenvalue weighted by Crippen LogP contribution is -3.18. The third-order valence-electron chi connectivity index (χ3n) is 5.74. The first-order chi connectivity index (χ1) is 14.1. The van der Waals surface area contributed by atoms with Crippen molar-refractivity contribution in [2.75, 3.05) is 19.7 Å². The molecular formula is C24H31N2O3+. The molecule has 0 saturated carbocycles. The summed E-state index contributed by atoms with van der Waals surface area (Å²) in [5.41, 5.74) is 2.11. The molecule has 0 bridgehead atoms. The van der Waals surface area contributed by atoms with Crippen LogP contribution in [-0.2, 0) is 14.3 Å². The minimum Gasteiger partial charge on any atom is -0.466 e. The topological polar surface area (TPSA) is 59.8 Å². The van der Waals surface area contributed by atoms with E-state index in [0.717, 1.165) is 35.4 Å². The van der Waals surface area contributed by atoms with Gasteiger partial charge in [-0.05, 0) is 37.8 Å². The van der Waals surface area contributed by atoms with Gasteiger partial charge in [-0.1, -0.05) is 60.7 Å². The third-order valence-corrected chi connectivity index (χ3v) is 5.74. The molecule has 0 radical (unpaired) electrons. The number of carbonyl (C=O) groups is 2. The zero-order chi connectivity index (χ0) is 20.6. The molecule has 154 valence electrons. The number of rotatable bonds is 7. The van der Waals surface area contributed by atoms with Crippen molar-refractivity contribution in [3.63, 3.8) is 0 Å². The van der Waals surface area contributed by atoms with Crippen LogP contribution >= 0.6 is 0 Å². The molecule has 2 N–H and O–H groups in total. The van der Waals surface area contributed by atoms with E-state index in [-0.39, 0.29) is 29.9 Å². The molecule has 1 saturated heterocycles. The van der Waals surface area contributed by atoms with Crippen molar-refractivity contribution >= 4 is 11.9 Å². The standard InChI is InChI=1S/C24H30N2O3/c1-3-29-24(28)21-15-10-16-26(17-21)18(2)23(27)25-22(19-11-6-4-7-12-19)20-13-8-5-9-14-20/h4-9,11-14,18,21-22H,3,10,15-17H2,1-2H3,(H,25,27)/p+1/t18-,21-/m0/s1.